The van der Waals surface area contributed by atoms with Crippen molar-refractivity contribution >= 4 is 26.5 Å². The molecule has 2 aliphatic rings. The van der Waals surface area contributed by atoms with Gasteiger partial charge in [-0.15, -0.1) is 0 Å². The minimum Gasteiger partial charge on any atom is -0.383 e. The lowest BCUT2D eigenvalue weighted by Gasteiger charge is -2.38. The summed E-state index contributed by atoms with van der Waals surface area (Å²) in [6, 6.07) is 0.0551. The van der Waals surface area contributed by atoms with Gasteiger partial charge in [0.1, 0.15) is 0 Å². The van der Waals surface area contributed by atoms with Crippen LogP contribution in [-0.2, 0) is 21.3 Å². The van der Waals surface area contributed by atoms with Crippen LogP contribution in [0, 0.1) is 0 Å². The number of imidazole rings is 1. The molecule has 4 rings (SSSR count). The Morgan fingerprint density at radius 1 is 1.09 bits per heavy atom. The van der Waals surface area contributed by atoms with E-state index in [-0.39, 0.29) is 6.04 Å². The van der Waals surface area contributed by atoms with Gasteiger partial charge in [0.15, 0.2) is 9.34 Å². The van der Waals surface area contributed by atoms with Crippen LogP contribution in [0.3, 0.4) is 0 Å². The summed E-state index contributed by atoms with van der Waals surface area (Å²) in [6.45, 7) is 9.33. The lowest BCUT2D eigenvalue weighted by molar-refractivity contribution is 0.0635. The highest BCUT2D eigenvalue weighted by Gasteiger charge is 2.34. The standard InChI is InChI=1S/C20H33N7O3S2/c1-4-24-16-21-13-17(24)18(15-30-3)25-9-11-27(12-10-25)32(28,29)19-14-22-20(31-19)26-7-5-23(2)6-8-26/h13-14,16,18H,4-12,15H2,1-3H3. The topological polar surface area (TPSA) is 87.0 Å². The molecule has 2 saturated heterocycles. The van der Waals surface area contributed by atoms with Crippen LogP contribution in [0.4, 0.5) is 5.13 Å². The van der Waals surface area contributed by atoms with E-state index in [2.05, 4.69) is 43.2 Å². The Labute approximate surface area is 194 Å². The summed E-state index contributed by atoms with van der Waals surface area (Å²) < 4.78 is 36.1. The molecule has 1 unspecified atom stereocenters. The number of methoxy groups -OCH3 is 1. The Kier molecular flexibility index (Phi) is 7.47. The zero-order chi connectivity index (χ0) is 22.7. The molecule has 2 aromatic heterocycles. The second-order valence-corrected chi connectivity index (χ2v) is 11.4. The number of sulfonamides is 1. The lowest BCUT2D eigenvalue weighted by Crippen LogP contribution is -2.50. The van der Waals surface area contributed by atoms with Gasteiger partial charge in [-0.2, -0.15) is 4.31 Å². The van der Waals surface area contributed by atoms with Gasteiger partial charge in [0.25, 0.3) is 10.0 Å². The number of thiazole rings is 1. The van der Waals surface area contributed by atoms with Gasteiger partial charge in [0.05, 0.1) is 30.9 Å². The van der Waals surface area contributed by atoms with Crippen molar-refractivity contribution in [3.05, 3.63) is 24.4 Å². The number of likely N-dealkylation sites (N-methyl/N-ethyl adjacent to an activating group) is 1. The van der Waals surface area contributed by atoms with Crippen molar-refractivity contribution in [3.63, 3.8) is 0 Å². The van der Waals surface area contributed by atoms with Crippen LogP contribution < -0.4 is 4.90 Å². The maximum absolute atomic E-state index is 13.3. The molecule has 0 bridgehead atoms. The smallest absolute Gasteiger partial charge is 0.254 e. The number of rotatable bonds is 8. The molecular weight excluding hydrogens is 450 g/mol. The quantitative estimate of drug-likeness (QED) is 0.545. The molecular formula is C20H33N7O3S2. The van der Waals surface area contributed by atoms with Crippen molar-refractivity contribution in [2.24, 2.45) is 0 Å². The Bertz CT molecular complexity index is 977. The number of ether oxygens (including phenoxy) is 1. The van der Waals surface area contributed by atoms with Gasteiger partial charge >= 0.3 is 0 Å². The predicted octanol–water partition coefficient (Wildman–Crippen LogP) is 0.805. The van der Waals surface area contributed by atoms with Crippen molar-refractivity contribution in [2.75, 3.05) is 78.0 Å². The van der Waals surface area contributed by atoms with E-state index in [9.17, 15) is 8.42 Å². The van der Waals surface area contributed by atoms with Gasteiger partial charge in [-0.1, -0.05) is 11.3 Å². The van der Waals surface area contributed by atoms with E-state index in [0.29, 0.717) is 37.0 Å². The largest absolute Gasteiger partial charge is 0.383 e. The van der Waals surface area contributed by atoms with Crippen molar-refractivity contribution in [1.82, 2.24) is 28.6 Å². The molecule has 12 heteroatoms. The fraction of sp³-hybridized carbons (Fsp3) is 0.700. The highest BCUT2D eigenvalue weighted by Crippen LogP contribution is 2.30. The van der Waals surface area contributed by atoms with Crippen LogP contribution in [0.25, 0.3) is 0 Å². The number of aromatic nitrogens is 3. The summed E-state index contributed by atoms with van der Waals surface area (Å²) >= 11 is 1.28. The maximum Gasteiger partial charge on any atom is 0.254 e. The normalized spacial score (nSPS) is 20.7. The summed E-state index contributed by atoms with van der Waals surface area (Å²) in [5, 5.41) is 0.795. The second-order valence-electron chi connectivity index (χ2n) is 8.27. The van der Waals surface area contributed by atoms with Crippen LogP contribution >= 0.6 is 11.3 Å². The van der Waals surface area contributed by atoms with Gasteiger partial charge in [-0.3, -0.25) is 4.90 Å². The Morgan fingerprint density at radius 2 is 1.81 bits per heavy atom. The number of hydrogen-bond donors (Lipinski definition) is 0. The summed E-state index contributed by atoms with van der Waals surface area (Å²) in [5.41, 5.74) is 1.10. The third kappa shape index (κ3) is 4.85. The highest BCUT2D eigenvalue weighted by molar-refractivity contribution is 7.91. The first-order chi connectivity index (χ1) is 15.4. The first-order valence-electron chi connectivity index (χ1n) is 11.1. The molecule has 0 aromatic carbocycles. The molecule has 0 amide bonds. The summed E-state index contributed by atoms with van der Waals surface area (Å²) in [7, 11) is 0.254. The molecule has 0 N–H and O–H groups in total. The van der Waals surface area contributed by atoms with Crippen molar-refractivity contribution in [2.45, 2.75) is 23.7 Å². The fourth-order valence-electron chi connectivity index (χ4n) is 4.31. The third-order valence-electron chi connectivity index (χ3n) is 6.31. The molecule has 2 fully saturated rings. The Balaban J connectivity index is 1.42. The lowest BCUT2D eigenvalue weighted by atomic mass is 10.1. The zero-order valence-electron chi connectivity index (χ0n) is 19.1. The van der Waals surface area contributed by atoms with E-state index in [1.165, 1.54) is 17.5 Å². The highest BCUT2D eigenvalue weighted by atomic mass is 32.2. The van der Waals surface area contributed by atoms with E-state index in [4.69, 9.17) is 4.74 Å². The molecule has 4 heterocycles. The third-order valence-corrected chi connectivity index (χ3v) is 9.70. The second kappa shape index (κ2) is 10.1. The number of piperazine rings is 2. The van der Waals surface area contributed by atoms with Crippen molar-refractivity contribution in [3.8, 4) is 0 Å². The minimum atomic E-state index is -3.54. The van der Waals surface area contributed by atoms with Crippen molar-refractivity contribution < 1.29 is 13.2 Å². The minimum absolute atomic E-state index is 0.0551. The van der Waals surface area contributed by atoms with E-state index >= 15 is 0 Å². The van der Waals surface area contributed by atoms with Crippen molar-refractivity contribution in [1.29, 1.82) is 0 Å². The number of hydrogen-bond acceptors (Lipinski definition) is 9. The monoisotopic (exact) mass is 483 g/mol. The fourth-order valence-corrected chi connectivity index (χ4v) is 7.05. The Hall–Kier alpha value is -1.57. The SMILES string of the molecule is CCn1cncc1C(COC)N1CCN(S(=O)(=O)c2cnc(N3CCN(C)CC3)s2)CC1. The van der Waals surface area contributed by atoms with E-state index in [1.54, 1.807) is 11.4 Å². The van der Waals surface area contributed by atoms with Crippen LogP contribution in [0.5, 0.6) is 0 Å². The Morgan fingerprint density at radius 3 is 2.47 bits per heavy atom. The first kappa shape index (κ1) is 23.6. The molecule has 0 aliphatic carbocycles. The van der Waals surface area contributed by atoms with Crippen LogP contribution in [0.2, 0.25) is 0 Å². The predicted molar refractivity (Wildman–Crippen MR) is 125 cm³/mol. The van der Waals surface area contributed by atoms with Gasteiger partial charge in [-0.25, -0.2) is 18.4 Å². The average molecular weight is 484 g/mol. The number of anilines is 1. The molecule has 1 atom stereocenters. The average Bonchev–Trinajstić information content (AvgIpc) is 3.48. The zero-order valence-corrected chi connectivity index (χ0v) is 20.7. The van der Waals surface area contributed by atoms with Crippen LogP contribution in [-0.4, -0.2) is 110 Å². The van der Waals surface area contributed by atoms with Crippen LogP contribution in [0.1, 0.15) is 18.7 Å². The molecule has 2 aromatic rings. The number of nitrogens with zero attached hydrogens (tertiary/aromatic N) is 7. The molecule has 0 saturated carbocycles. The first-order valence-corrected chi connectivity index (χ1v) is 13.3. The number of aryl methyl sites for hydroxylation is 1. The maximum atomic E-state index is 13.3. The molecule has 2 aliphatic heterocycles. The van der Waals surface area contributed by atoms with E-state index in [1.807, 2.05) is 12.5 Å². The van der Waals surface area contributed by atoms with E-state index < -0.39 is 10.0 Å². The summed E-state index contributed by atoms with van der Waals surface area (Å²) in [4.78, 5) is 15.5. The summed E-state index contributed by atoms with van der Waals surface area (Å²) in [6.07, 6.45) is 5.24. The summed E-state index contributed by atoms with van der Waals surface area (Å²) in [5.74, 6) is 0. The molecule has 10 nitrogen and oxygen atoms in total. The van der Waals surface area contributed by atoms with Gasteiger partial charge in [0, 0.05) is 72.2 Å². The van der Waals surface area contributed by atoms with Crippen LogP contribution in [0.15, 0.2) is 22.9 Å². The molecule has 0 spiro atoms. The molecule has 0 radical (unpaired) electrons. The van der Waals surface area contributed by atoms with Gasteiger partial charge in [-0.05, 0) is 14.0 Å². The molecule has 178 valence electrons. The van der Waals surface area contributed by atoms with E-state index in [0.717, 1.165) is 43.5 Å². The van der Waals surface area contributed by atoms with Gasteiger partial charge < -0.3 is 19.1 Å². The van der Waals surface area contributed by atoms with Gasteiger partial charge in [0.2, 0.25) is 0 Å². The molecule has 32 heavy (non-hydrogen) atoms.